The number of rotatable bonds is 5. The molecule has 0 radical (unpaired) electrons. The number of aliphatic hydroxyl groups excluding tert-OH is 1. The molecule has 1 heterocycles. The second-order valence-electron chi connectivity index (χ2n) is 5.31. The van der Waals surface area contributed by atoms with Crippen molar-refractivity contribution in [2.45, 2.75) is 39.1 Å². The molecule has 0 aliphatic heterocycles. The number of allylic oxidation sites excluding steroid dienone is 1. The van der Waals surface area contributed by atoms with Gasteiger partial charge < -0.3 is 9.52 Å². The molecule has 1 aromatic rings. The van der Waals surface area contributed by atoms with Gasteiger partial charge in [-0.05, 0) is 25.0 Å². The molecule has 0 aromatic carbocycles. The molecule has 0 saturated carbocycles. The highest BCUT2D eigenvalue weighted by Crippen LogP contribution is 2.18. The van der Waals surface area contributed by atoms with E-state index in [0.29, 0.717) is 12.0 Å². The lowest BCUT2D eigenvalue weighted by atomic mass is 10.1. The SMILES string of the molecule is C/C(C=O)=C\CC(O)c1coc([Si](C)(C)C)c1. The highest BCUT2D eigenvalue weighted by molar-refractivity contribution is 6.87. The average Bonchev–Trinajstić information content (AvgIpc) is 2.74. The van der Waals surface area contributed by atoms with E-state index in [-0.39, 0.29) is 0 Å². The summed E-state index contributed by atoms with van der Waals surface area (Å²) in [7, 11) is -1.46. The fraction of sp³-hybridized carbons (Fsp3) is 0.462. The van der Waals surface area contributed by atoms with Crippen LogP contribution in [0.4, 0.5) is 0 Å². The molecule has 1 atom stereocenters. The van der Waals surface area contributed by atoms with Crippen molar-refractivity contribution >= 4 is 19.7 Å². The van der Waals surface area contributed by atoms with Crippen molar-refractivity contribution in [1.29, 1.82) is 0 Å². The minimum Gasteiger partial charge on any atom is -0.474 e. The lowest BCUT2D eigenvalue weighted by Gasteiger charge is -2.10. The summed E-state index contributed by atoms with van der Waals surface area (Å²) in [5, 5.41) is 10.9. The largest absolute Gasteiger partial charge is 0.474 e. The normalized spacial score (nSPS) is 14.8. The number of hydrogen-bond acceptors (Lipinski definition) is 3. The third-order valence-corrected chi connectivity index (χ3v) is 4.33. The summed E-state index contributed by atoms with van der Waals surface area (Å²) >= 11 is 0. The second-order valence-corrected chi connectivity index (χ2v) is 10.3. The number of carbonyl (C=O) groups is 1. The lowest BCUT2D eigenvalue weighted by Crippen LogP contribution is -2.36. The van der Waals surface area contributed by atoms with Crippen molar-refractivity contribution < 1.29 is 14.3 Å². The quantitative estimate of drug-likeness (QED) is 0.497. The first-order valence-corrected chi connectivity index (χ1v) is 9.23. The monoisotopic (exact) mass is 252 g/mol. The Kier molecular flexibility index (Phi) is 4.48. The maximum absolute atomic E-state index is 10.4. The Morgan fingerprint density at radius 3 is 2.65 bits per heavy atom. The van der Waals surface area contributed by atoms with E-state index in [4.69, 9.17) is 4.42 Å². The van der Waals surface area contributed by atoms with E-state index in [1.807, 2.05) is 6.07 Å². The standard InChI is InChI=1S/C13H20O3Si/c1-10(8-14)5-6-12(15)11-7-13(16-9-11)17(2,3)4/h5,7-9,12,15H,6H2,1-4H3/b10-5+. The predicted molar refractivity (Wildman–Crippen MR) is 71.1 cm³/mol. The third kappa shape index (κ3) is 3.98. The van der Waals surface area contributed by atoms with E-state index in [9.17, 15) is 9.90 Å². The Morgan fingerprint density at radius 1 is 1.53 bits per heavy atom. The van der Waals surface area contributed by atoms with Gasteiger partial charge in [0, 0.05) is 5.56 Å². The topological polar surface area (TPSA) is 50.4 Å². The smallest absolute Gasteiger partial charge is 0.145 e. The van der Waals surface area contributed by atoms with Crippen LogP contribution in [0.15, 0.2) is 28.4 Å². The zero-order valence-electron chi connectivity index (χ0n) is 10.9. The van der Waals surface area contributed by atoms with Gasteiger partial charge in [0.05, 0.1) is 17.8 Å². The van der Waals surface area contributed by atoms with Crippen LogP contribution in [-0.4, -0.2) is 19.5 Å². The molecule has 1 aromatic heterocycles. The molecular weight excluding hydrogens is 232 g/mol. The van der Waals surface area contributed by atoms with Gasteiger partial charge in [0.1, 0.15) is 14.4 Å². The summed E-state index contributed by atoms with van der Waals surface area (Å²) in [6, 6.07) is 1.93. The summed E-state index contributed by atoms with van der Waals surface area (Å²) in [6.45, 7) is 8.30. The van der Waals surface area contributed by atoms with Crippen LogP contribution in [0.1, 0.15) is 25.0 Å². The van der Waals surface area contributed by atoms with Crippen LogP contribution in [0.3, 0.4) is 0 Å². The molecular formula is C13H20O3Si. The van der Waals surface area contributed by atoms with Gasteiger partial charge in [-0.3, -0.25) is 4.79 Å². The summed E-state index contributed by atoms with van der Waals surface area (Å²) in [6.07, 6.45) is 3.98. The number of hydrogen-bond donors (Lipinski definition) is 1. The van der Waals surface area contributed by atoms with E-state index in [0.717, 1.165) is 17.2 Å². The summed E-state index contributed by atoms with van der Waals surface area (Å²) in [4.78, 5) is 10.4. The van der Waals surface area contributed by atoms with E-state index in [2.05, 4.69) is 19.6 Å². The fourth-order valence-corrected chi connectivity index (χ4v) is 2.41. The first-order valence-electron chi connectivity index (χ1n) is 5.73. The maximum Gasteiger partial charge on any atom is 0.145 e. The average molecular weight is 252 g/mol. The van der Waals surface area contributed by atoms with Crippen LogP contribution < -0.4 is 5.38 Å². The van der Waals surface area contributed by atoms with Crippen LogP contribution in [0.5, 0.6) is 0 Å². The van der Waals surface area contributed by atoms with Gasteiger partial charge in [-0.2, -0.15) is 0 Å². The number of furan rings is 1. The fourth-order valence-electron chi connectivity index (χ4n) is 1.40. The zero-order chi connectivity index (χ0) is 13.1. The van der Waals surface area contributed by atoms with Crippen LogP contribution in [0.2, 0.25) is 19.6 Å². The Labute approximate surface area is 103 Å². The number of carbonyl (C=O) groups excluding carboxylic acids is 1. The van der Waals surface area contributed by atoms with Gasteiger partial charge in [-0.25, -0.2) is 0 Å². The Morgan fingerprint density at radius 2 is 2.18 bits per heavy atom. The molecule has 0 amide bonds. The molecule has 3 nitrogen and oxygen atoms in total. The lowest BCUT2D eigenvalue weighted by molar-refractivity contribution is -0.104. The molecule has 0 aliphatic rings. The van der Waals surface area contributed by atoms with E-state index < -0.39 is 14.2 Å². The molecule has 1 unspecified atom stereocenters. The summed E-state index contributed by atoms with van der Waals surface area (Å²) in [5.41, 5.74) is 1.43. The Balaban J connectivity index is 2.74. The summed E-state index contributed by atoms with van der Waals surface area (Å²) < 4.78 is 5.49. The van der Waals surface area contributed by atoms with Gasteiger partial charge >= 0.3 is 0 Å². The minimum absolute atomic E-state index is 0.440. The molecule has 0 fully saturated rings. The molecule has 1 N–H and O–H groups in total. The van der Waals surface area contributed by atoms with Crippen molar-refractivity contribution in [1.82, 2.24) is 0 Å². The van der Waals surface area contributed by atoms with Crippen molar-refractivity contribution in [3.63, 3.8) is 0 Å². The van der Waals surface area contributed by atoms with Crippen LogP contribution in [0.25, 0.3) is 0 Å². The molecule has 0 saturated heterocycles. The molecule has 17 heavy (non-hydrogen) atoms. The minimum atomic E-state index is -1.46. The number of aliphatic hydroxyl groups is 1. The zero-order valence-corrected chi connectivity index (χ0v) is 11.9. The first-order chi connectivity index (χ1) is 7.84. The van der Waals surface area contributed by atoms with Gasteiger partial charge in [-0.1, -0.05) is 25.7 Å². The van der Waals surface area contributed by atoms with Crippen molar-refractivity contribution in [3.8, 4) is 0 Å². The second kappa shape index (κ2) is 5.47. The van der Waals surface area contributed by atoms with Gasteiger partial charge in [0.25, 0.3) is 0 Å². The van der Waals surface area contributed by atoms with Crippen LogP contribution in [-0.2, 0) is 4.79 Å². The highest BCUT2D eigenvalue weighted by Gasteiger charge is 2.22. The predicted octanol–water partition coefficient (Wildman–Crippen LogP) is 2.39. The first kappa shape index (κ1) is 13.9. The summed E-state index contributed by atoms with van der Waals surface area (Å²) in [5.74, 6) is 0. The van der Waals surface area contributed by atoms with Crippen LogP contribution in [0, 0.1) is 0 Å². The van der Waals surface area contributed by atoms with Crippen molar-refractivity contribution in [2.24, 2.45) is 0 Å². The van der Waals surface area contributed by atoms with E-state index in [1.165, 1.54) is 0 Å². The Hall–Kier alpha value is -1.13. The maximum atomic E-state index is 10.4. The third-order valence-electron chi connectivity index (χ3n) is 2.59. The Bertz CT molecular complexity index is 413. The van der Waals surface area contributed by atoms with Crippen molar-refractivity contribution in [2.75, 3.05) is 0 Å². The van der Waals surface area contributed by atoms with Gasteiger partial charge in [0.2, 0.25) is 0 Å². The molecule has 94 valence electrons. The van der Waals surface area contributed by atoms with Gasteiger partial charge in [-0.15, -0.1) is 0 Å². The van der Waals surface area contributed by atoms with Gasteiger partial charge in [0.15, 0.2) is 0 Å². The highest BCUT2D eigenvalue weighted by atomic mass is 28.3. The molecule has 1 rings (SSSR count). The molecule has 0 bridgehead atoms. The number of aldehydes is 1. The molecule has 0 spiro atoms. The molecule has 0 aliphatic carbocycles. The van der Waals surface area contributed by atoms with Crippen LogP contribution >= 0.6 is 0 Å². The van der Waals surface area contributed by atoms with E-state index >= 15 is 0 Å². The molecule has 4 heteroatoms. The van der Waals surface area contributed by atoms with Crippen molar-refractivity contribution in [3.05, 3.63) is 29.5 Å². The van der Waals surface area contributed by atoms with E-state index in [1.54, 1.807) is 19.3 Å².